The highest BCUT2D eigenvalue weighted by atomic mass is 16.5. The standard InChI is InChI=1S/C27H28N2O4/c1-27(26(31)28-17-19-9-5-4-6-10-19)16-21-11-7-8-12-24(21)25(30)29(27)18-20-13-22(32-2)15-23(14-20)33-3/h4-15H,16-18H2,1-3H3,(H,28,31)/t27-/m1/s1. The predicted molar refractivity (Wildman–Crippen MR) is 126 cm³/mol. The first kappa shape index (κ1) is 22.4. The van der Waals surface area contributed by atoms with E-state index in [-0.39, 0.29) is 18.4 Å². The summed E-state index contributed by atoms with van der Waals surface area (Å²) in [7, 11) is 3.17. The molecule has 6 nitrogen and oxygen atoms in total. The number of nitrogens with one attached hydrogen (secondary N) is 1. The lowest BCUT2D eigenvalue weighted by Crippen LogP contribution is -2.62. The summed E-state index contributed by atoms with van der Waals surface area (Å²) >= 11 is 0. The van der Waals surface area contributed by atoms with Crippen LogP contribution in [0.2, 0.25) is 0 Å². The van der Waals surface area contributed by atoms with E-state index in [0.29, 0.717) is 30.0 Å². The van der Waals surface area contributed by atoms with E-state index < -0.39 is 5.54 Å². The average Bonchev–Trinajstić information content (AvgIpc) is 2.85. The van der Waals surface area contributed by atoms with Gasteiger partial charge in [0.05, 0.1) is 14.2 Å². The van der Waals surface area contributed by atoms with Crippen LogP contribution in [0.3, 0.4) is 0 Å². The minimum absolute atomic E-state index is 0.170. The molecule has 3 aromatic rings. The molecular formula is C27H28N2O4. The fraction of sp³-hybridized carbons (Fsp3) is 0.259. The number of ether oxygens (including phenoxy) is 2. The molecule has 1 heterocycles. The van der Waals surface area contributed by atoms with Gasteiger partial charge in [-0.1, -0.05) is 48.5 Å². The van der Waals surface area contributed by atoms with Crippen LogP contribution in [0.5, 0.6) is 11.5 Å². The molecule has 0 aliphatic carbocycles. The maximum absolute atomic E-state index is 13.6. The molecule has 0 saturated heterocycles. The molecule has 2 amide bonds. The number of amides is 2. The van der Waals surface area contributed by atoms with Crippen molar-refractivity contribution in [1.29, 1.82) is 0 Å². The van der Waals surface area contributed by atoms with Crippen LogP contribution in [0.4, 0.5) is 0 Å². The molecule has 33 heavy (non-hydrogen) atoms. The summed E-state index contributed by atoms with van der Waals surface area (Å²) in [6.45, 7) is 2.47. The molecule has 0 aromatic heterocycles. The summed E-state index contributed by atoms with van der Waals surface area (Å²) in [5, 5.41) is 3.04. The van der Waals surface area contributed by atoms with Crippen LogP contribution < -0.4 is 14.8 Å². The van der Waals surface area contributed by atoms with E-state index in [0.717, 1.165) is 16.7 Å². The molecule has 6 heteroatoms. The number of rotatable bonds is 7. The lowest BCUT2D eigenvalue weighted by atomic mass is 9.82. The molecule has 1 aliphatic heterocycles. The molecule has 0 spiro atoms. The van der Waals surface area contributed by atoms with E-state index in [1.165, 1.54) is 0 Å². The zero-order valence-electron chi connectivity index (χ0n) is 19.1. The molecule has 0 saturated carbocycles. The lowest BCUT2D eigenvalue weighted by Gasteiger charge is -2.44. The van der Waals surface area contributed by atoms with Gasteiger partial charge in [-0.05, 0) is 41.8 Å². The largest absolute Gasteiger partial charge is 0.497 e. The first-order valence-corrected chi connectivity index (χ1v) is 10.9. The molecule has 0 bridgehead atoms. The molecule has 0 radical (unpaired) electrons. The van der Waals surface area contributed by atoms with E-state index in [1.54, 1.807) is 25.2 Å². The molecule has 1 atom stereocenters. The minimum atomic E-state index is -1.06. The van der Waals surface area contributed by atoms with Gasteiger partial charge in [-0.2, -0.15) is 0 Å². The monoisotopic (exact) mass is 444 g/mol. The second-order valence-electron chi connectivity index (χ2n) is 8.39. The zero-order valence-corrected chi connectivity index (χ0v) is 19.1. The number of fused-ring (bicyclic) bond motifs is 1. The van der Waals surface area contributed by atoms with Gasteiger partial charge in [0.1, 0.15) is 17.0 Å². The van der Waals surface area contributed by atoms with Gasteiger partial charge in [-0.15, -0.1) is 0 Å². The van der Waals surface area contributed by atoms with E-state index in [4.69, 9.17) is 9.47 Å². The van der Waals surface area contributed by atoms with Crippen molar-refractivity contribution in [2.24, 2.45) is 0 Å². The Balaban J connectivity index is 1.68. The van der Waals surface area contributed by atoms with Gasteiger partial charge in [0.2, 0.25) is 5.91 Å². The molecule has 1 aliphatic rings. The smallest absolute Gasteiger partial charge is 0.255 e. The normalized spacial score (nSPS) is 17.3. The maximum atomic E-state index is 13.6. The fourth-order valence-electron chi connectivity index (χ4n) is 4.28. The average molecular weight is 445 g/mol. The van der Waals surface area contributed by atoms with Gasteiger partial charge in [0.25, 0.3) is 5.91 Å². The van der Waals surface area contributed by atoms with Crippen molar-refractivity contribution in [3.05, 3.63) is 95.1 Å². The number of carbonyl (C=O) groups is 2. The van der Waals surface area contributed by atoms with Gasteiger partial charge in [-0.25, -0.2) is 0 Å². The highest BCUT2D eigenvalue weighted by Crippen LogP contribution is 2.34. The molecule has 1 N–H and O–H groups in total. The summed E-state index contributed by atoms with van der Waals surface area (Å²) in [5.74, 6) is 0.897. The van der Waals surface area contributed by atoms with Crippen molar-refractivity contribution in [2.75, 3.05) is 14.2 Å². The lowest BCUT2D eigenvalue weighted by molar-refractivity contribution is -0.132. The SMILES string of the molecule is COc1cc(CN2C(=O)c3ccccc3C[C@]2(C)C(=O)NCc2ccccc2)cc(OC)c1. The van der Waals surface area contributed by atoms with Crippen LogP contribution in [0, 0.1) is 0 Å². The van der Waals surface area contributed by atoms with E-state index in [1.807, 2.05) is 73.7 Å². The number of hydrogen-bond donors (Lipinski definition) is 1. The van der Waals surface area contributed by atoms with E-state index in [9.17, 15) is 9.59 Å². The van der Waals surface area contributed by atoms with Crippen LogP contribution in [0.25, 0.3) is 0 Å². The summed E-state index contributed by atoms with van der Waals surface area (Å²) in [4.78, 5) is 28.8. The third kappa shape index (κ3) is 4.55. The summed E-state index contributed by atoms with van der Waals surface area (Å²) in [6.07, 6.45) is 0.427. The van der Waals surface area contributed by atoms with Crippen molar-refractivity contribution in [1.82, 2.24) is 10.2 Å². The number of carbonyl (C=O) groups excluding carboxylic acids is 2. The number of benzene rings is 3. The summed E-state index contributed by atoms with van der Waals surface area (Å²) < 4.78 is 10.8. The van der Waals surface area contributed by atoms with E-state index in [2.05, 4.69) is 5.32 Å². The van der Waals surface area contributed by atoms with Crippen molar-refractivity contribution in [3.8, 4) is 11.5 Å². The van der Waals surface area contributed by atoms with Crippen LogP contribution in [0.1, 0.15) is 34.0 Å². The Morgan fingerprint density at radius 2 is 1.58 bits per heavy atom. The Bertz CT molecular complexity index is 1140. The predicted octanol–water partition coefficient (Wildman–Crippen LogP) is 3.98. The van der Waals surface area contributed by atoms with Gasteiger partial charge < -0.3 is 19.7 Å². The van der Waals surface area contributed by atoms with Crippen LogP contribution in [0.15, 0.2) is 72.8 Å². The molecule has 0 fully saturated rings. The maximum Gasteiger partial charge on any atom is 0.255 e. The van der Waals surface area contributed by atoms with E-state index >= 15 is 0 Å². The molecule has 170 valence electrons. The second kappa shape index (κ2) is 9.36. The van der Waals surface area contributed by atoms with Gasteiger partial charge >= 0.3 is 0 Å². The van der Waals surface area contributed by atoms with Crippen LogP contribution in [-0.4, -0.2) is 36.5 Å². The van der Waals surface area contributed by atoms with Crippen molar-refractivity contribution in [2.45, 2.75) is 32.0 Å². The van der Waals surface area contributed by atoms with Crippen molar-refractivity contribution < 1.29 is 19.1 Å². The number of nitrogens with zero attached hydrogens (tertiary/aromatic N) is 1. The van der Waals surface area contributed by atoms with Crippen molar-refractivity contribution in [3.63, 3.8) is 0 Å². The Hall–Kier alpha value is -3.80. The third-order valence-corrected chi connectivity index (χ3v) is 6.16. The quantitative estimate of drug-likeness (QED) is 0.599. The number of hydrogen-bond acceptors (Lipinski definition) is 4. The van der Waals surface area contributed by atoms with Gasteiger partial charge in [-0.3, -0.25) is 9.59 Å². The summed E-state index contributed by atoms with van der Waals surface area (Å²) in [5.41, 5.74) is 2.26. The first-order valence-electron chi connectivity index (χ1n) is 10.9. The van der Waals surface area contributed by atoms with Gasteiger partial charge in [0.15, 0.2) is 0 Å². The van der Waals surface area contributed by atoms with Gasteiger partial charge in [0, 0.05) is 31.1 Å². The van der Waals surface area contributed by atoms with Crippen molar-refractivity contribution >= 4 is 11.8 Å². The molecule has 4 rings (SSSR count). The number of methoxy groups -OCH3 is 2. The minimum Gasteiger partial charge on any atom is -0.497 e. The third-order valence-electron chi connectivity index (χ3n) is 6.16. The fourth-order valence-corrected chi connectivity index (χ4v) is 4.28. The Kier molecular flexibility index (Phi) is 6.36. The molecule has 0 unspecified atom stereocenters. The summed E-state index contributed by atoms with van der Waals surface area (Å²) in [6, 6.07) is 22.7. The Morgan fingerprint density at radius 3 is 2.24 bits per heavy atom. The molecular weight excluding hydrogens is 416 g/mol. The highest BCUT2D eigenvalue weighted by Gasteiger charge is 2.46. The van der Waals surface area contributed by atoms with Crippen LogP contribution in [-0.2, 0) is 24.3 Å². The van der Waals surface area contributed by atoms with Crippen LogP contribution >= 0.6 is 0 Å². The zero-order chi connectivity index (χ0) is 23.4. The topological polar surface area (TPSA) is 67.9 Å². The highest BCUT2D eigenvalue weighted by molar-refractivity contribution is 6.02. The Morgan fingerprint density at radius 1 is 0.939 bits per heavy atom. The first-order chi connectivity index (χ1) is 15.9. The molecule has 3 aromatic carbocycles. The second-order valence-corrected chi connectivity index (χ2v) is 8.39. The Labute approximate surface area is 194 Å².